The van der Waals surface area contributed by atoms with Crippen LogP contribution in [-0.2, 0) is 6.42 Å². The number of benzene rings is 1. The van der Waals surface area contributed by atoms with Gasteiger partial charge in [0.1, 0.15) is 0 Å². The van der Waals surface area contributed by atoms with Crippen LogP contribution >= 0.6 is 15.9 Å². The van der Waals surface area contributed by atoms with Gasteiger partial charge in [0.05, 0.1) is 0 Å². The molecule has 0 aromatic heterocycles. The highest BCUT2D eigenvalue weighted by Gasteiger charge is 2.17. The number of fused-ring (bicyclic) bond motifs is 1. The van der Waals surface area contributed by atoms with E-state index in [1.54, 1.807) is 0 Å². The number of halogens is 1. The second kappa shape index (κ2) is 5.13. The summed E-state index contributed by atoms with van der Waals surface area (Å²) in [4.78, 5) is 0. The maximum absolute atomic E-state index is 3.59. The van der Waals surface area contributed by atoms with Gasteiger partial charge in [0.25, 0.3) is 0 Å². The van der Waals surface area contributed by atoms with Crippen LogP contribution in [0.2, 0.25) is 0 Å². The average molecular weight is 268 g/mol. The van der Waals surface area contributed by atoms with Crippen LogP contribution in [0.3, 0.4) is 0 Å². The summed E-state index contributed by atoms with van der Waals surface area (Å²) in [5.41, 5.74) is 3.03. The van der Waals surface area contributed by atoms with E-state index in [1.807, 2.05) is 0 Å². The summed E-state index contributed by atoms with van der Waals surface area (Å²) in [6, 6.07) is 7.28. The lowest BCUT2D eigenvalue weighted by Crippen LogP contribution is -2.21. The Labute approximate surface area is 100 Å². The highest BCUT2D eigenvalue weighted by Crippen LogP contribution is 2.30. The summed E-state index contributed by atoms with van der Waals surface area (Å²) in [7, 11) is 0. The van der Waals surface area contributed by atoms with Gasteiger partial charge in [-0.15, -0.1) is 0 Å². The maximum Gasteiger partial charge on any atom is 0.0323 e. The van der Waals surface area contributed by atoms with Crippen LogP contribution in [0.15, 0.2) is 22.7 Å². The largest absolute Gasteiger partial charge is 0.310 e. The zero-order valence-electron chi connectivity index (χ0n) is 9.22. The zero-order chi connectivity index (χ0) is 10.7. The quantitative estimate of drug-likeness (QED) is 0.804. The molecule has 0 amide bonds. The third-order valence-electron chi connectivity index (χ3n) is 3.12. The fraction of sp³-hybridized carbons (Fsp3) is 0.538. The number of rotatable bonds is 2. The normalized spacial score (nSPS) is 20.8. The molecule has 2 heteroatoms. The summed E-state index contributed by atoms with van der Waals surface area (Å²) in [5, 5.41) is 3.59. The van der Waals surface area contributed by atoms with E-state index in [2.05, 4.69) is 46.4 Å². The van der Waals surface area contributed by atoms with Gasteiger partial charge < -0.3 is 5.32 Å². The van der Waals surface area contributed by atoms with Crippen molar-refractivity contribution in [1.29, 1.82) is 0 Å². The lowest BCUT2D eigenvalue weighted by atomic mass is 9.99. The molecule has 0 heterocycles. The van der Waals surface area contributed by atoms with Gasteiger partial charge in [0, 0.05) is 10.5 Å². The van der Waals surface area contributed by atoms with Crippen molar-refractivity contribution >= 4 is 15.9 Å². The molecule has 1 aliphatic rings. The molecule has 1 aromatic carbocycles. The van der Waals surface area contributed by atoms with Gasteiger partial charge in [0.2, 0.25) is 0 Å². The first kappa shape index (κ1) is 11.2. The van der Waals surface area contributed by atoms with E-state index < -0.39 is 0 Å². The van der Waals surface area contributed by atoms with Crippen molar-refractivity contribution in [3.8, 4) is 0 Å². The van der Waals surface area contributed by atoms with Crippen molar-refractivity contribution < 1.29 is 0 Å². The van der Waals surface area contributed by atoms with E-state index in [1.165, 1.54) is 41.3 Å². The SMILES string of the molecule is CCNC1CCCCc2ccc(Br)cc21. The van der Waals surface area contributed by atoms with E-state index in [9.17, 15) is 0 Å². The summed E-state index contributed by atoms with van der Waals surface area (Å²) in [6.07, 6.45) is 5.18. The molecule has 0 bridgehead atoms. The number of nitrogens with one attached hydrogen (secondary N) is 1. The molecule has 0 saturated heterocycles. The molecule has 0 aliphatic heterocycles. The minimum Gasteiger partial charge on any atom is -0.310 e. The van der Waals surface area contributed by atoms with Crippen LogP contribution in [-0.4, -0.2) is 6.54 Å². The molecule has 2 rings (SSSR count). The van der Waals surface area contributed by atoms with Crippen molar-refractivity contribution in [2.45, 2.75) is 38.6 Å². The van der Waals surface area contributed by atoms with E-state index in [-0.39, 0.29) is 0 Å². The molecule has 1 nitrogen and oxygen atoms in total. The number of hydrogen-bond donors (Lipinski definition) is 1. The maximum atomic E-state index is 3.59. The molecule has 0 spiro atoms. The average Bonchev–Trinajstić information content (AvgIpc) is 2.42. The second-order valence-corrected chi connectivity index (χ2v) is 5.11. The molecular weight excluding hydrogens is 250 g/mol. The van der Waals surface area contributed by atoms with Gasteiger partial charge >= 0.3 is 0 Å². The van der Waals surface area contributed by atoms with Crippen LogP contribution in [0.25, 0.3) is 0 Å². The van der Waals surface area contributed by atoms with Crippen LogP contribution in [0.4, 0.5) is 0 Å². The van der Waals surface area contributed by atoms with Gasteiger partial charge in [-0.1, -0.05) is 35.3 Å². The second-order valence-electron chi connectivity index (χ2n) is 4.20. The fourth-order valence-corrected chi connectivity index (χ4v) is 2.77. The standard InChI is InChI=1S/C13H18BrN/c1-2-15-13-6-4-3-5-10-7-8-11(14)9-12(10)13/h7-9,13,15H,2-6H2,1H3. The lowest BCUT2D eigenvalue weighted by Gasteiger charge is -2.18. The van der Waals surface area contributed by atoms with Crippen molar-refractivity contribution in [1.82, 2.24) is 5.32 Å². The van der Waals surface area contributed by atoms with E-state index in [4.69, 9.17) is 0 Å². The van der Waals surface area contributed by atoms with Gasteiger partial charge in [-0.3, -0.25) is 0 Å². The van der Waals surface area contributed by atoms with Crippen LogP contribution in [0.5, 0.6) is 0 Å². The molecule has 1 N–H and O–H groups in total. The Morgan fingerprint density at radius 3 is 3.07 bits per heavy atom. The smallest absolute Gasteiger partial charge is 0.0323 e. The molecule has 82 valence electrons. The fourth-order valence-electron chi connectivity index (χ4n) is 2.40. The molecule has 15 heavy (non-hydrogen) atoms. The van der Waals surface area contributed by atoms with Crippen molar-refractivity contribution in [3.05, 3.63) is 33.8 Å². The van der Waals surface area contributed by atoms with Crippen LogP contribution in [0.1, 0.15) is 43.4 Å². The Morgan fingerprint density at radius 2 is 2.27 bits per heavy atom. The summed E-state index contributed by atoms with van der Waals surface area (Å²) >= 11 is 3.57. The zero-order valence-corrected chi connectivity index (χ0v) is 10.8. The molecule has 1 atom stereocenters. The first-order valence-corrected chi connectivity index (χ1v) is 6.62. The summed E-state index contributed by atoms with van der Waals surface area (Å²) in [6.45, 7) is 3.24. The molecule has 0 saturated carbocycles. The molecular formula is C13H18BrN. The predicted octanol–water partition coefficient (Wildman–Crippen LogP) is 3.83. The van der Waals surface area contributed by atoms with E-state index >= 15 is 0 Å². The van der Waals surface area contributed by atoms with Crippen molar-refractivity contribution in [2.24, 2.45) is 0 Å². The van der Waals surface area contributed by atoms with Crippen LogP contribution < -0.4 is 5.32 Å². The predicted molar refractivity (Wildman–Crippen MR) is 68.1 cm³/mol. The van der Waals surface area contributed by atoms with E-state index in [0.29, 0.717) is 6.04 Å². The molecule has 1 unspecified atom stereocenters. The van der Waals surface area contributed by atoms with Crippen LogP contribution in [0, 0.1) is 0 Å². The van der Waals surface area contributed by atoms with Gasteiger partial charge in [-0.25, -0.2) is 0 Å². The Bertz CT molecular complexity index is 335. The number of aryl methyl sites for hydroxylation is 1. The van der Waals surface area contributed by atoms with E-state index in [0.717, 1.165) is 6.54 Å². The summed E-state index contributed by atoms with van der Waals surface area (Å²) < 4.78 is 1.20. The highest BCUT2D eigenvalue weighted by molar-refractivity contribution is 9.10. The van der Waals surface area contributed by atoms with Crippen molar-refractivity contribution in [2.75, 3.05) is 6.54 Å². The Hall–Kier alpha value is -0.340. The Kier molecular flexibility index (Phi) is 3.81. The first-order valence-electron chi connectivity index (χ1n) is 5.83. The summed E-state index contributed by atoms with van der Waals surface area (Å²) in [5.74, 6) is 0. The Morgan fingerprint density at radius 1 is 1.40 bits per heavy atom. The third kappa shape index (κ3) is 2.61. The molecule has 0 radical (unpaired) electrons. The minimum absolute atomic E-state index is 0.560. The minimum atomic E-state index is 0.560. The lowest BCUT2D eigenvalue weighted by molar-refractivity contribution is 0.504. The first-order chi connectivity index (χ1) is 7.31. The topological polar surface area (TPSA) is 12.0 Å². The van der Waals surface area contributed by atoms with Crippen molar-refractivity contribution in [3.63, 3.8) is 0 Å². The monoisotopic (exact) mass is 267 g/mol. The third-order valence-corrected chi connectivity index (χ3v) is 3.62. The Balaban J connectivity index is 2.33. The molecule has 0 fully saturated rings. The van der Waals surface area contributed by atoms with Gasteiger partial charge in [-0.2, -0.15) is 0 Å². The molecule has 1 aliphatic carbocycles. The number of hydrogen-bond acceptors (Lipinski definition) is 1. The molecule has 1 aromatic rings. The highest BCUT2D eigenvalue weighted by atomic mass is 79.9. The van der Waals surface area contributed by atoms with Gasteiger partial charge in [0.15, 0.2) is 0 Å². The van der Waals surface area contributed by atoms with Gasteiger partial charge in [-0.05, 0) is 49.1 Å².